The Kier molecular flexibility index (Phi) is 6.23. The van der Waals surface area contributed by atoms with Crippen molar-refractivity contribution >= 4 is 29.0 Å². The predicted molar refractivity (Wildman–Crippen MR) is 123 cm³/mol. The van der Waals surface area contributed by atoms with Crippen molar-refractivity contribution in [1.29, 1.82) is 0 Å². The van der Waals surface area contributed by atoms with Gasteiger partial charge in [0.25, 0.3) is 11.5 Å². The van der Waals surface area contributed by atoms with E-state index in [1.807, 2.05) is 4.90 Å². The molecule has 0 unspecified atom stereocenters. The minimum atomic E-state index is -0.0793. The number of likely N-dealkylation sites (tertiary alicyclic amines) is 1. The molecule has 6 heteroatoms. The molecule has 0 saturated carbocycles. The van der Waals surface area contributed by atoms with Crippen LogP contribution in [0.3, 0.4) is 0 Å². The van der Waals surface area contributed by atoms with Gasteiger partial charge in [0.05, 0.1) is 10.9 Å². The first-order valence-electron chi connectivity index (χ1n) is 11.2. The molecular formula is C24H31N3O2S. The molecule has 1 aliphatic heterocycles. The fourth-order valence-corrected chi connectivity index (χ4v) is 5.27. The third-order valence-electron chi connectivity index (χ3n) is 6.43. The molecule has 30 heavy (non-hydrogen) atoms. The number of nitrogens with one attached hydrogen (secondary N) is 1. The van der Waals surface area contributed by atoms with E-state index in [-0.39, 0.29) is 11.5 Å². The average molecular weight is 426 g/mol. The second-order valence-electron chi connectivity index (χ2n) is 9.16. The Hall–Kier alpha value is -2.21. The number of hydrogen-bond donors (Lipinski definition) is 1. The number of H-pyrrole nitrogens is 1. The largest absolute Gasteiger partial charge is 0.338 e. The van der Waals surface area contributed by atoms with Gasteiger partial charge in [-0.2, -0.15) is 0 Å². The van der Waals surface area contributed by atoms with E-state index in [4.69, 9.17) is 12.2 Å². The van der Waals surface area contributed by atoms with Crippen molar-refractivity contribution in [2.24, 2.45) is 11.8 Å². The number of aromatic nitrogens is 2. The first-order valence-corrected chi connectivity index (χ1v) is 11.6. The van der Waals surface area contributed by atoms with Crippen LogP contribution < -0.4 is 5.56 Å². The highest BCUT2D eigenvalue weighted by Crippen LogP contribution is 2.24. The molecule has 1 aromatic carbocycles. The molecule has 1 fully saturated rings. The first kappa shape index (κ1) is 21.0. The standard InChI is InChI=1S/C24H31N3O2S/c1-16-12-17(2)15-26(14-16)22(28)19-8-9-20-21(13-19)25-24(30)27(23(20)29)11-10-18-6-4-3-5-7-18/h6,8-9,13,16-17H,3-5,7,10-12,14-15H2,1-2H3,(H,25,30)/t16-,17-/m1/s1. The van der Waals surface area contributed by atoms with Crippen LogP contribution in [0.25, 0.3) is 10.9 Å². The molecule has 0 radical (unpaired) electrons. The minimum Gasteiger partial charge on any atom is -0.338 e. The molecule has 1 saturated heterocycles. The Morgan fingerprint density at radius 2 is 1.97 bits per heavy atom. The fraction of sp³-hybridized carbons (Fsp3) is 0.542. The van der Waals surface area contributed by atoms with Crippen molar-refractivity contribution in [1.82, 2.24) is 14.5 Å². The van der Waals surface area contributed by atoms with Crippen LogP contribution in [0.1, 0.15) is 62.7 Å². The summed E-state index contributed by atoms with van der Waals surface area (Å²) in [6, 6.07) is 5.33. The van der Waals surface area contributed by atoms with Crippen LogP contribution in [0.5, 0.6) is 0 Å². The molecule has 5 nitrogen and oxygen atoms in total. The van der Waals surface area contributed by atoms with Gasteiger partial charge < -0.3 is 9.88 Å². The van der Waals surface area contributed by atoms with Crippen molar-refractivity contribution in [3.8, 4) is 0 Å². The molecule has 2 atom stereocenters. The van der Waals surface area contributed by atoms with Crippen molar-refractivity contribution in [3.05, 3.63) is 50.5 Å². The number of rotatable bonds is 4. The number of carbonyl (C=O) groups excluding carboxylic acids is 1. The van der Waals surface area contributed by atoms with E-state index in [0.29, 0.717) is 39.6 Å². The molecule has 1 N–H and O–H groups in total. The quantitative estimate of drug-likeness (QED) is 0.550. The van der Waals surface area contributed by atoms with Crippen LogP contribution in [0.2, 0.25) is 0 Å². The SMILES string of the molecule is C[C@@H]1C[C@@H](C)CN(C(=O)c2ccc3c(=O)n(CCC4=CCCCC4)c(=S)[nH]c3c2)C1. The summed E-state index contributed by atoms with van der Waals surface area (Å²) in [7, 11) is 0. The fourth-order valence-electron chi connectivity index (χ4n) is 4.99. The number of benzene rings is 1. The molecule has 160 valence electrons. The third-order valence-corrected chi connectivity index (χ3v) is 6.75. The molecule has 0 spiro atoms. The number of carbonyl (C=O) groups is 1. The van der Waals surface area contributed by atoms with Gasteiger partial charge in [0.2, 0.25) is 0 Å². The minimum absolute atomic E-state index is 0.0306. The summed E-state index contributed by atoms with van der Waals surface area (Å²) in [5.74, 6) is 1.05. The Labute approximate surface area is 182 Å². The molecule has 2 aliphatic rings. The van der Waals surface area contributed by atoms with Crippen molar-refractivity contribution in [2.75, 3.05) is 13.1 Å². The Morgan fingerprint density at radius 3 is 2.67 bits per heavy atom. The number of hydrogen-bond acceptors (Lipinski definition) is 3. The maximum atomic E-state index is 13.1. The van der Waals surface area contributed by atoms with Crippen LogP contribution >= 0.6 is 12.2 Å². The predicted octanol–water partition coefficient (Wildman–Crippen LogP) is 5.07. The van der Waals surface area contributed by atoms with E-state index in [9.17, 15) is 9.59 Å². The summed E-state index contributed by atoms with van der Waals surface area (Å²) < 4.78 is 2.08. The summed E-state index contributed by atoms with van der Waals surface area (Å²) in [4.78, 5) is 31.2. The van der Waals surface area contributed by atoms with E-state index in [1.54, 1.807) is 22.8 Å². The summed E-state index contributed by atoms with van der Waals surface area (Å²) >= 11 is 5.49. The molecule has 4 rings (SSSR count). The molecule has 1 aromatic heterocycles. The third kappa shape index (κ3) is 4.43. The highest BCUT2D eigenvalue weighted by molar-refractivity contribution is 7.71. The second kappa shape index (κ2) is 8.88. The lowest BCUT2D eigenvalue weighted by Crippen LogP contribution is -2.42. The van der Waals surface area contributed by atoms with E-state index in [1.165, 1.54) is 18.4 Å². The number of nitrogens with zero attached hydrogens (tertiary/aromatic N) is 2. The lowest BCUT2D eigenvalue weighted by atomic mass is 9.91. The lowest BCUT2D eigenvalue weighted by molar-refractivity contribution is 0.0623. The highest BCUT2D eigenvalue weighted by Gasteiger charge is 2.26. The Bertz CT molecular complexity index is 1090. The number of fused-ring (bicyclic) bond motifs is 1. The zero-order valence-corrected chi connectivity index (χ0v) is 18.8. The van der Waals surface area contributed by atoms with Gasteiger partial charge in [-0.3, -0.25) is 14.2 Å². The van der Waals surface area contributed by atoms with Crippen LogP contribution in [0.15, 0.2) is 34.6 Å². The molecule has 1 aliphatic carbocycles. The first-order chi connectivity index (χ1) is 14.4. The molecule has 1 amide bonds. The van der Waals surface area contributed by atoms with Gasteiger partial charge >= 0.3 is 0 Å². The summed E-state index contributed by atoms with van der Waals surface area (Å²) in [5.41, 5.74) is 2.60. The topological polar surface area (TPSA) is 58.1 Å². The average Bonchev–Trinajstić information content (AvgIpc) is 2.72. The van der Waals surface area contributed by atoms with Crippen LogP contribution in [0, 0.1) is 16.6 Å². The molecule has 2 heterocycles. The van der Waals surface area contributed by atoms with E-state index >= 15 is 0 Å². The normalized spacial score (nSPS) is 22.2. The van der Waals surface area contributed by atoms with Gasteiger partial charge in [-0.15, -0.1) is 0 Å². The van der Waals surface area contributed by atoms with E-state index < -0.39 is 0 Å². The number of allylic oxidation sites excluding steroid dienone is 2. The number of piperidine rings is 1. The van der Waals surface area contributed by atoms with Gasteiger partial charge in [-0.05, 0) is 80.8 Å². The maximum absolute atomic E-state index is 13.1. The summed E-state index contributed by atoms with van der Waals surface area (Å²) in [5, 5.41) is 0.582. The van der Waals surface area contributed by atoms with E-state index in [2.05, 4.69) is 24.9 Å². The summed E-state index contributed by atoms with van der Waals surface area (Å²) in [6.45, 7) is 6.56. The van der Waals surface area contributed by atoms with Crippen LogP contribution in [-0.2, 0) is 6.54 Å². The van der Waals surface area contributed by atoms with Gasteiger partial charge in [-0.25, -0.2) is 0 Å². The van der Waals surface area contributed by atoms with Crippen molar-refractivity contribution in [3.63, 3.8) is 0 Å². The molecule has 0 bridgehead atoms. The second-order valence-corrected chi connectivity index (χ2v) is 9.55. The number of amides is 1. The maximum Gasteiger partial charge on any atom is 0.262 e. The highest BCUT2D eigenvalue weighted by atomic mass is 32.1. The molecule has 2 aromatic rings. The van der Waals surface area contributed by atoms with Gasteiger partial charge in [-0.1, -0.05) is 25.5 Å². The lowest BCUT2D eigenvalue weighted by Gasteiger charge is -2.35. The zero-order chi connectivity index (χ0) is 21.3. The van der Waals surface area contributed by atoms with Crippen LogP contribution in [0.4, 0.5) is 0 Å². The Balaban J connectivity index is 1.59. The van der Waals surface area contributed by atoms with Crippen molar-refractivity contribution in [2.45, 2.75) is 58.9 Å². The molecular weight excluding hydrogens is 394 g/mol. The zero-order valence-electron chi connectivity index (χ0n) is 17.9. The van der Waals surface area contributed by atoms with Gasteiger partial charge in [0.15, 0.2) is 4.77 Å². The van der Waals surface area contributed by atoms with Crippen molar-refractivity contribution < 1.29 is 4.79 Å². The smallest absolute Gasteiger partial charge is 0.262 e. The Morgan fingerprint density at radius 1 is 1.20 bits per heavy atom. The monoisotopic (exact) mass is 425 g/mol. The van der Waals surface area contributed by atoms with Crippen LogP contribution in [-0.4, -0.2) is 33.4 Å². The van der Waals surface area contributed by atoms with E-state index in [0.717, 1.165) is 38.8 Å². The van der Waals surface area contributed by atoms with Gasteiger partial charge in [0.1, 0.15) is 0 Å². The summed E-state index contributed by atoms with van der Waals surface area (Å²) in [6.07, 6.45) is 9.09. The van der Waals surface area contributed by atoms with Gasteiger partial charge in [0, 0.05) is 25.2 Å². The number of aromatic amines is 1.